The summed E-state index contributed by atoms with van der Waals surface area (Å²) in [5, 5.41) is 18.4. The highest BCUT2D eigenvalue weighted by atomic mass is 19.1. The van der Waals surface area contributed by atoms with Crippen LogP contribution in [-0.4, -0.2) is 21.9 Å². The van der Waals surface area contributed by atoms with Crippen LogP contribution in [-0.2, 0) is 16.8 Å². The van der Waals surface area contributed by atoms with Crippen molar-refractivity contribution < 1.29 is 19.1 Å². The van der Waals surface area contributed by atoms with Crippen molar-refractivity contribution in [3.8, 4) is 6.07 Å². The number of likely N-dealkylation sites (tertiary alicyclic amines) is 1. The molecular formula is C26H23FN2O3. The van der Waals surface area contributed by atoms with E-state index in [4.69, 9.17) is 5.26 Å². The van der Waals surface area contributed by atoms with Gasteiger partial charge in [0.25, 0.3) is 0 Å². The fourth-order valence-corrected chi connectivity index (χ4v) is 4.81. The van der Waals surface area contributed by atoms with Crippen molar-refractivity contribution in [1.29, 1.82) is 5.26 Å². The monoisotopic (exact) mass is 430 g/mol. The maximum atomic E-state index is 13.7. The number of aromatic carboxylic acids is 1. The van der Waals surface area contributed by atoms with Crippen LogP contribution in [0.5, 0.6) is 0 Å². The number of nitrogens with zero attached hydrogens (tertiary/aromatic N) is 2. The molecule has 1 spiro atoms. The van der Waals surface area contributed by atoms with E-state index >= 15 is 0 Å². The summed E-state index contributed by atoms with van der Waals surface area (Å²) in [5.41, 5.74) is 2.11. The van der Waals surface area contributed by atoms with Gasteiger partial charge in [-0.25, -0.2) is 9.18 Å². The topological polar surface area (TPSA) is 81.4 Å². The number of hydrogen-bond donors (Lipinski definition) is 1. The van der Waals surface area contributed by atoms with Crippen molar-refractivity contribution in [3.63, 3.8) is 0 Å². The number of carbonyl (C=O) groups is 2. The van der Waals surface area contributed by atoms with Crippen LogP contribution in [0.1, 0.15) is 53.7 Å². The van der Waals surface area contributed by atoms with E-state index in [0.717, 1.165) is 5.56 Å². The van der Waals surface area contributed by atoms with Crippen LogP contribution in [0.4, 0.5) is 4.39 Å². The Morgan fingerprint density at radius 3 is 2.62 bits per heavy atom. The molecule has 162 valence electrons. The van der Waals surface area contributed by atoms with Gasteiger partial charge < -0.3 is 10.0 Å². The molecule has 2 aromatic rings. The second-order valence-corrected chi connectivity index (χ2v) is 8.77. The van der Waals surface area contributed by atoms with Gasteiger partial charge in [-0.2, -0.15) is 5.26 Å². The number of carboxylic acids is 1. The lowest BCUT2D eigenvalue weighted by molar-refractivity contribution is -0.132. The number of allylic oxidation sites excluding steroid dienone is 4. The zero-order chi connectivity index (χ0) is 23.1. The third-order valence-corrected chi connectivity index (χ3v) is 6.74. The Morgan fingerprint density at radius 2 is 2.00 bits per heavy atom. The third-order valence-electron chi connectivity index (χ3n) is 6.74. The van der Waals surface area contributed by atoms with Crippen molar-refractivity contribution in [1.82, 2.24) is 4.90 Å². The molecule has 5 nitrogen and oxygen atoms in total. The average Bonchev–Trinajstić information content (AvgIpc) is 3.31. The zero-order valence-electron chi connectivity index (χ0n) is 17.9. The Hall–Kier alpha value is -3.72. The van der Waals surface area contributed by atoms with Gasteiger partial charge in [-0.3, -0.25) is 4.79 Å². The highest BCUT2D eigenvalue weighted by Crippen LogP contribution is 2.71. The summed E-state index contributed by atoms with van der Waals surface area (Å²) < 4.78 is 13.5. The van der Waals surface area contributed by atoms with Crippen LogP contribution < -0.4 is 0 Å². The molecule has 1 saturated carbocycles. The summed E-state index contributed by atoms with van der Waals surface area (Å²) in [6, 6.07) is 15.9. The minimum Gasteiger partial charge on any atom is -0.478 e. The second-order valence-electron chi connectivity index (χ2n) is 8.77. The van der Waals surface area contributed by atoms with Gasteiger partial charge in [-0.1, -0.05) is 31.2 Å². The van der Waals surface area contributed by atoms with E-state index in [1.165, 1.54) is 19.1 Å². The van der Waals surface area contributed by atoms with Gasteiger partial charge in [0.1, 0.15) is 0 Å². The van der Waals surface area contributed by atoms with Gasteiger partial charge in [-0.05, 0) is 60.9 Å². The van der Waals surface area contributed by atoms with Gasteiger partial charge in [0, 0.05) is 17.5 Å². The molecular weight excluding hydrogens is 407 g/mol. The summed E-state index contributed by atoms with van der Waals surface area (Å²) in [6.07, 6.45) is 4.13. The lowest BCUT2D eigenvalue weighted by Gasteiger charge is -2.20. The number of rotatable bonds is 5. The van der Waals surface area contributed by atoms with Crippen LogP contribution in [0.2, 0.25) is 0 Å². The number of benzene rings is 2. The molecule has 1 amide bonds. The SMILES string of the molecule is CC(F)=CC=C1CC2(CC2(C)c2ccc(C#N)cc2)C(=O)N1Cc1cccc(C(=O)O)c1. The number of carbonyl (C=O) groups excluding carboxylic acids is 1. The third kappa shape index (κ3) is 3.50. The van der Waals surface area contributed by atoms with Crippen molar-refractivity contribution in [2.24, 2.45) is 5.41 Å². The number of nitriles is 1. The molecule has 1 saturated heterocycles. The summed E-state index contributed by atoms with van der Waals surface area (Å²) in [6.45, 7) is 3.62. The second kappa shape index (κ2) is 7.76. The molecule has 1 aliphatic carbocycles. The molecule has 6 heteroatoms. The van der Waals surface area contributed by atoms with Crippen LogP contribution in [0.15, 0.2) is 72.2 Å². The first-order valence-corrected chi connectivity index (χ1v) is 10.4. The minimum absolute atomic E-state index is 0.0405. The molecule has 1 heterocycles. The summed E-state index contributed by atoms with van der Waals surface area (Å²) in [7, 11) is 0. The van der Waals surface area contributed by atoms with Gasteiger partial charge in [0.05, 0.1) is 35.0 Å². The molecule has 2 atom stereocenters. The molecule has 2 unspecified atom stereocenters. The average molecular weight is 430 g/mol. The summed E-state index contributed by atoms with van der Waals surface area (Å²) in [5.74, 6) is -1.43. The Bertz CT molecular complexity index is 1200. The highest BCUT2D eigenvalue weighted by Gasteiger charge is 2.73. The summed E-state index contributed by atoms with van der Waals surface area (Å²) >= 11 is 0. The molecule has 0 aromatic heterocycles. The lowest BCUT2D eigenvalue weighted by Crippen LogP contribution is -2.30. The molecule has 1 N–H and O–H groups in total. The zero-order valence-corrected chi connectivity index (χ0v) is 17.9. The minimum atomic E-state index is -1.03. The fraction of sp³-hybridized carbons (Fsp3) is 0.269. The number of carboxylic acid groups (broad SMARTS) is 1. The number of amides is 1. The Balaban J connectivity index is 1.69. The Morgan fingerprint density at radius 1 is 1.28 bits per heavy atom. The smallest absolute Gasteiger partial charge is 0.335 e. The van der Waals surface area contributed by atoms with E-state index in [9.17, 15) is 19.1 Å². The normalized spacial score (nSPS) is 25.9. The van der Waals surface area contributed by atoms with Crippen molar-refractivity contribution in [3.05, 3.63) is 94.5 Å². The standard InChI is InChI=1S/C26H23FN2O3/c1-17(27)6-11-22-13-26(16-25(26,2)21-9-7-18(14-28)8-10-21)24(32)29(22)15-19-4-3-5-20(12-19)23(30)31/h3-12H,13,15-16H2,1-2H3,(H,30,31). The van der Waals surface area contributed by atoms with E-state index in [-0.39, 0.29) is 29.3 Å². The van der Waals surface area contributed by atoms with Crippen LogP contribution in [0.3, 0.4) is 0 Å². The first kappa shape index (κ1) is 21.5. The maximum Gasteiger partial charge on any atom is 0.335 e. The van der Waals surface area contributed by atoms with E-state index in [2.05, 4.69) is 13.0 Å². The van der Waals surface area contributed by atoms with Crippen LogP contribution in [0, 0.1) is 16.7 Å². The molecule has 1 aliphatic heterocycles. The van der Waals surface area contributed by atoms with Gasteiger partial charge in [0.15, 0.2) is 0 Å². The van der Waals surface area contributed by atoms with E-state index in [1.807, 2.05) is 12.1 Å². The molecule has 2 aromatic carbocycles. The quantitative estimate of drug-likeness (QED) is 0.716. The largest absolute Gasteiger partial charge is 0.478 e. The summed E-state index contributed by atoms with van der Waals surface area (Å²) in [4.78, 5) is 26.7. The van der Waals surface area contributed by atoms with E-state index < -0.39 is 11.4 Å². The van der Waals surface area contributed by atoms with Crippen molar-refractivity contribution >= 4 is 11.9 Å². The molecule has 32 heavy (non-hydrogen) atoms. The first-order valence-electron chi connectivity index (χ1n) is 10.4. The van der Waals surface area contributed by atoms with Crippen molar-refractivity contribution in [2.75, 3.05) is 0 Å². The van der Waals surface area contributed by atoms with Gasteiger partial charge in [0.2, 0.25) is 5.91 Å². The predicted octanol–water partition coefficient (Wildman–Crippen LogP) is 5.09. The Kier molecular flexibility index (Phi) is 5.21. The number of hydrogen-bond acceptors (Lipinski definition) is 3. The first-order chi connectivity index (χ1) is 15.2. The lowest BCUT2D eigenvalue weighted by atomic mass is 9.86. The van der Waals surface area contributed by atoms with Crippen LogP contribution >= 0.6 is 0 Å². The van der Waals surface area contributed by atoms with E-state index in [0.29, 0.717) is 29.7 Å². The van der Waals surface area contributed by atoms with Gasteiger partial charge >= 0.3 is 5.97 Å². The number of halogens is 1. The fourth-order valence-electron chi connectivity index (χ4n) is 4.81. The van der Waals surface area contributed by atoms with Crippen molar-refractivity contribution in [2.45, 2.75) is 38.6 Å². The highest BCUT2D eigenvalue weighted by molar-refractivity contribution is 5.93. The van der Waals surface area contributed by atoms with Crippen LogP contribution in [0.25, 0.3) is 0 Å². The van der Waals surface area contributed by atoms with E-state index in [1.54, 1.807) is 41.3 Å². The molecule has 2 fully saturated rings. The molecule has 2 aliphatic rings. The Labute approximate surface area is 186 Å². The predicted molar refractivity (Wildman–Crippen MR) is 117 cm³/mol. The molecule has 0 radical (unpaired) electrons. The van der Waals surface area contributed by atoms with Gasteiger partial charge in [-0.15, -0.1) is 0 Å². The maximum absolute atomic E-state index is 13.7. The molecule has 4 rings (SSSR count). The molecule has 0 bridgehead atoms.